The number of benzene rings is 1. The van der Waals surface area contributed by atoms with Crippen molar-refractivity contribution in [2.45, 2.75) is 32.4 Å². The number of ether oxygens (including phenoxy) is 1. The van der Waals surface area contributed by atoms with Crippen LogP contribution in [0.1, 0.15) is 36.2 Å². The minimum Gasteiger partial charge on any atom is -0.490 e. The van der Waals surface area contributed by atoms with E-state index in [0.717, 1.165) is 5.56 Å². The number of rotatable bonds is 7. The van der Waals surface area contributed by atoms with Crippen molar-refractivity contribution < 1.29 is 9.13 Å². The SMILES string of the molecule is CN=C(NCc1cccs1)NC(C)c1ccc(OCC2CC2)c(F)c1. The van der Waals surface area contributed by atoms with E-state index in [9.17, 15) is 4.39 Å². The predicted octanol–water partition coefficient (Wildman–Crippen LogP) is 4.10. The summed E-state index contributed by atoms with van der Waals surface area (Å²) >= 11 is 1.70. The van der Waals surface area contributed by atoms with Crippen LogP contribution in [0.2, 0.25) is 0 Å². The van der Waals surface area contributed by atoms with Gasteiger partial charge in [-0.05, 0) is 54.8 Å². The lowest BCUT2D eigenvalue weighted by atomic mass is 10.1. The summed E-state index contributed by atoms with van der Waals surface area (Å²) in [7, 11) is 1.73. The highest BCUT2D eigenvalue weighted by atomic mass is 32.1. The molecule has 0 spiro atoms. The first kappa shape index (κ1) is 17.7. The van der Waals surface area contributed by atoms with E-state index in [4.69, 9.17) is 4.74 Å². The van der Waals surface area contributed by atoms with E-state index in [2.05, 4.69) is 21.7 Å². The van der Waals surface area contributed by atoms with Gasteiger partial charge in [0.2, 0.25) is 0 Å². The van der Waals surface area contributed by atoms with Crippen molar-refractivity contribution in [1.29, 1.82) is 0 Å². The number of nitrogens with zero attached hydrogens (tertiary/aromatic N) is 1. The highest BCUT2D eigenvalue weighted by Gasteiger charge is 2.22. The molecule has 3 rings (SSSR count). The largest absolute Gasteiger partial charge is 0.490 e. The highest BCUT2D eigenvalue weighted by Crippen LogP contribution is 2.30. The second-order valence-corrected chi connectivity index (χ2v) is 7.35. The predicted molar refractivity (Wildman–Crippen MR) is 101 cm³/mol. The quantitative estimate of drug-likeness (QED) is 0.576. The zero-order valence-electron chi connectivity index (χ0n) is 14.6. The van der Waals surface area contributed by atoms with Gasteiger partial charge in [-0.1, -0.05) is 12.1 Å². The maximum absolute atomic E-state index is 14.2. The Labute approximate surface area is 152 Å². The molecule has 1 unspecified atom stereocenters. The Balaban J connectivity index is 1.55. The van der Waals surface area contributed by atoms with E-state index < -0.39 is 0 Å². The molecule has 1 aliphatic carbocycles. The van der Waals surface area contributed by atoms with Gasteiger partial charge < -0.3 is 15.4 Å². The first-order chi connectivity index (χ1) is 12.2. The van der Waals surface area contributed by atoms with Crippen molar-refractivity contribution in [2.75, 3.05) is 13.7 Å². The van der Waals surface area contributed by atoms with Gasteiger partial charge in [0.1, 0.15) is 0 Å². The van der Waals surface area contributed by atoms with Crippen LogP contribution in [-0.4, -0.2) is 19.6 Å². The molecule has 0 radical (unpaired) electrons. The van der Waals surface area contributed by atoms with Crippen molar-refractivity contribution in [1.82, 2.24) is 10.6 Å². The fourth-order valence-corrected chi connectivity index (χ4v) is 3.11. The number of aliphatic imine (C=N–C) groups is 1. The van der Waals surface area contributed by atoms with Crippen molar-refractivity contribution in [3.63, 3.8) is 0 Å². The van der Waals surface area contributed by atoms with Crippen LogP contribution in [0.3, 0.4) is 0 Å². The molecule has 0 bridgehead atoms. The molecule has 1 heterocycles. The molecular formula is C19H24FN3OS. The fraction of sp³-hybridized carbons (Fsp3) is 0.421. The van der Waals surface area contributed by atoms with Gasteiger partial charge in [0.25, 0.3) is 0 Å². The summed E-state index contributed by atoms with van der Waals surface area (Å²) in [5.74, 6) is 1.32. The highest BCUT2D eigenvalue weighted by molar-refractivity contribution is 7.09. The van der Waals surface area contributed by atoms with E-state index >= 15 is 0 Å². The monoisotopic (exact) mass is 361 g/mol. The van der Waals surface area contributed by atoms with Crippen LogP contribution in [-0.2, 0) is 6.54 Å². The molecule has 1 saturated carbocycles. The summed E-state index contributed by atoms with van der Waals surface area (Å²) in [5.41, 5.74) is 0.857. The van der Waals surface area contributed by atoms with Crippen LogP contribution in [0, 0.1) is 11.7 Å². The van der Waals surface area contributed by atoms with E-state index in [1.165, 1.54) is 23.8 Å². The number of nitrogens with one attached hydrogen (secondary N) is 2. The molecule has 1 atom stereocenters. The van der Waals surface area contributed by atoms with Gasteiger partial charge >= 0.3 is 0 Å². The summed E-state index contributed by atoms with van der Waals surface area (Å²) in [4.78, 5) is 5.46. The van der Waals surface area contributed by atoms with Crippen LogP contribution in [0.15, 0.2) is 40.7 Å². The Bertz CT molecular complexity index is 713. The second-order valence-electron chi connectivity index (χ2n) is 6.32. The molecular weight excluding hydrogens is 337 g/mol. The van der Waals surface area contributed by atoms with E-state index in [1.54, 1.807) is 24.5 Å². The van der Waals surface area contributed by atoms with Crippen molar-refractivity contribution in [3.8, 4) is 5.75 Å². The average molecular weight is 361 g/mol. The van der Waals surface area contributed by atoms with E-state index in [-0.39, 0.29) is 11.9 Å². The topological polar surface area (TPSA) is 45.7 Å². The van der Waals surface area contributed by atoms with Gasteiger partial charge in [-0.3, -0.25) is 4.99 Å². The van der Waals surface area contributed by atoms with Crippen LogP contribution >= 0.6 is 11.3 Å². The minimum absolute atomic E-state index is 0.0680. The summed E-state index contributed by atoms with van der Waals surface area (Å²) in [6.45, 7) is 3.31. The van der Waals surface area contributed by atoms with E-state index in [0.29, 0.717) is 30.8 Å². The Morgan fingerprint density at radius 1 is 1.40 bits per heavy atom. The Morgan fingerprint density at radius 2 is 2.24 bits per heavy atom. The number of hydrogen-bond acceptors (Lipinski definition) is 3. The third-order valence-corrected chi connectivity index (χ3v) is 5.09. The maximum atomic E-state index is 14.2. The minimum atomic E-state index is -0.312. The fourth-order valence-electron chi connectivity index (χ4n) is 2.46. The normalized spacial score (nSPS) is 15.7. The first-order valence-corrected chi connectivity index (χ1v) is 9.45. The van der Waals surface area contributed by atoms with Gasteiger partial charge in [0, 0.05) is 11.9 Å². The third kappa shape index (κ3) is 5.19. The van der Waals surface area contributed by atoms with Gasteiger partial charge in [0.05, 0.1) is 19.2 Å². The van der Waals surface area contributed by atoms with Crippen LogP contribution in [0.4, 0.5) is 4.39 Å². The second kappa shape index (κ2) is 8.34. The van der Waals surface area contributed by atoms with Gasteiger partial charge in [0.15, 0.2) is 17.5 Å². The lowest BCUT2D eigenvalue weighted by Gasteiger charge is -2.19. The van der Waals surface area contributed by atoms with Crippen LogP contribution in [0.25, 0.3) is 0 Å². The maximum Gasteiger partial charge on any atom is 0.191 e. The molecule has 25 heavy (non-hydrogen) atoms. The Hall–Kier alpha value is -2.08. The lowest BCUT2D eigenvalue weighted by molar-refractivity contribution is 0.285. The number of halogens is 1. The first-order valence-electron chi connectivity index (χ1n) is 8.57. The van der Waals surface area contributed by atoms with Crippen LogP contribution in [0.5, 0.6) is 5.75 Å². The summed E-state index contributed by atoms with van der Waals surface area (Å²) < 4.78 is 19.8. The van der Waals surface area contributed by atoms with Crippen LogP contribution < -0.4 is 15.4 Å². The smallest absolute Gasteiger partial charge is 0.191 e. The molecule has 0 aliphatic heterocycles. The molecule has 1 aromatic heterocycles. The molecule has 0 amide bonds. The molecule has 134 valence electrons. The lowest BCUT2D eigenvalue weighted by Crippen LogP contribution is -2.38. The van der Waals surface area contributed by atoms with Gasteiger partial charge in [-0.15, -0.1) is 11.3 Å². The molecule has 2 aromatic rings. The molecule has 1 aliphatic rings. The number of guanidine groups is 1. The standard InChI is InChI=1S/C19H24FN3OS/c1-13(23-19(21-2)22-11-16-4-3-9-25-16)15-7-8-18(17(20)10-15)24-12-14-5-6-14/h3-4,7-10,13-14H,5-6,11-12H2,1-2H3,(H2,21,22,23). The molecule has 1 fully saturated rings. The molecule has 1 aromatic carbocycles. The zero-order chi connectivity index (χ0) is 17.6. The number of thiophene rings is 1. The molecule has 6 heteroatoms. The van der Waals surface area contributed by atoms with E-state index in [1.807, 2.05) is 24.4 Å². The summed E-state index contributed by atoms with van der Waals surface area (Å²) in [5, 5.41) is 8.60. The van der Waals surface area contributed by atoms with Crippen molar-refractivity contribution in [3.05, 3.63) is 52.0 Å². The van der Waals surface area contributed by atoms with Crippen molar-refractivity contribution in [2.24, 2.45) is 10.9 Å². The van der Waals surface area contributed by atoms with Gasteiger partial charge in [-0.2, -0.15) is 0 Å². The third-order valence-electron chi connectivity index (χ3n) is 4.21. The average Bonchev–Trinajstić information content (AvgIpc) is 3.30. The Kier molecular flexibility index (Phi) is 5.91. The number of hydrogen-bond donors (Lipinski definition) is 2. The van der Waals surface area contributed by atoms with Crippen molar-refractivity contribution >= 4 is 17.3 Å². The summed E-state index contributed by atoms with van der Waals surface area (Å²) in [6, 6.07) is 9.18. The summed E-state index contributed by atoms with van der Waals surface area (Å²) in [6.07, 6.45) is 2.39. The zero-order valence-corrected chi connectivity index (χ0v) is 15.4. The molecule has 0 saturated heterocycles. The Morgan fingerprint density at radius 3 is 2.88 bits per heavy atom. The van der Waals surface area contributed by atoms with Gasteiger partial charge in [-0.25, -0.2) is 4.39 Å². The molecule has 2 N–H and O–H groups in total. The molecule has 4 nitrogen and oxygen atoms in total.